The molecule has 1 aliphatic rings. The lowest BCUT2D eigenvalue weighted by Crippen LogP contribution is -2.34. The van der Waals surface area contributed by atoms with E-state index in [0.29, 0.717) is 41.4 Å². The van der Waals surface area contributed by atoms with Crippen LogP contribution in [0.4, 0.5) is 5.69 Å². The van der Waals surface area contributed by atoms with E-state index in [9.17, 15) is 19.7 Å². The number of esters is 2. The standard InChI is InChI=1S/C30H33N5O6/c1-18-25(29(36)40-5)27(22-12-9-13-23(14-22)35(38)39)26(19(2)33-18)30(37)41-24(28-20(3)31-17-32-28)16-34(4)15-21-10-7-6-8-11-21/h6-14,17,24,27,33H,15-16H2,1-5H3,(H,31,32). The molecule has 1 aliphatic heterocycles. The van der Waals surface area contributed by atoms with Crippen LogP contribution in [0.25, 0.3) is 0 Å². The second kappa shape index (κ2) is 12.6. The first-order valence-corrected chi connectivity index (χ1v) is 13.0. The fraction of sp³-hybridized carbons (Fsp3) is 0.300. The van der Waals surface area contributed by atoms with Crippen LogP contribution in [0.1, 0.15) is 48.4 Å². The number of dihydropyridines is 1. The average Bonchev–Trinajstić information content (AvgIpc) is 3.38. The Kier molecular flexibility index (Phi) is 8.98. The predicted octanol–water partition coefficient (Wildman–Crippen LogP) is 4.45. The number of allylic oxidation sites excluding steroid dienone is 2. The SMILES string of the molecule is COC(=O)C1=C(C)NC(C)=C(C(=O)OC(CN(C)Cc2ccccc2)c2[nH]cnc2C)C1c1cccc([N+](=O)[O-])c1. The minimum atomic E-state index is -0.957. The molecule has 3 aromatic rings. The van der Waals surface area contributed by atoms with Crippen LogP contribution in [-0.2, 0) is 25.6 Å². The zero-order chi connectivity index (χ0) is 29.7. The van der Waals surface area contributed by atoms with Gasteiger partial charge in [-0.15, -0.1) is 0 Å². The van der Waals surface area contributed by atoms with Crippen molar-refractivity contribution in [2.75, 3.05) is 20.7 Å². The third-order valence-electron chi connectivity index (χ3n) is 7.01. The summed E-state index contributed by atoms with van der Waals surface area (Å²) in [5, 5.41) is 14.7. The summed E-state index contributed by atoms with van der Waals surface area (Å²) in [6.45, 7) is 6.19. The highest BCUT2D eigenvalue weighted by atomic mass is 16.6. The number of imidazole rings is 1. The zero-order valence-corrected chi connectivity index (χ0v) is 23.6. The smallest absolute Gasteiger partial charge is 0.337 e. The number of carbonyl (C=O) groups is 2. The van der Waals surface area contributed by atoms with Gasteiger partial charge >= 0.3 is 11.9 Å². The number of rotatable bonds is 10. The number of aryl methyl sites for hydroxylation is 1. The molecular weight excluding hydrogens is 526 g/mol. The first-order valence-electron chi connectivity index (χ1n) is 13.0. The van der Waals surface area contributed by atoms with E-state index in [1.807, 2.05) is 49.2 Å². The van der Waals surface area contributed by atoms with E-state index in [0.717, 1.165) is 5.56 Å². The number of nitrogens with one attached hydrogen (secondary N) is 2. The molecule has 0 saturated carbocycles. The van der Waals surface area contributed by atoms with Gasteiger partial charge < -0.3 is 19.8 Å². The molecule has 2 aromatic carbocycles. The summed E-state index contributed by atoms with van der Waals surface area (Å²) >= 11 is 0. The summed E-state index contributed by atoms with van der Waals surface area (Å²) in [5.74, 6) is -2.29. The fourth-order valence-corrected chi connectivity index (χ4v) is 5.12. The molecule has 0 bridgehead atoms. The van der Waals surface area contributed by atoms with Crippen molar-refractivity contribution < 1.29 is 24.0 Å². The van der Waals surface area contributed by atoms with Gasteiger partial charge in [-0.1, -0.05) is 42.5 Å². The van der Waals surface area contributed by atoms with Crippen molar-refractivity contribution in [2.45, 2.75) is 39.3 Å². The molecule has 4 rings (SSSR count). The molecular formula is C30H33N5O6. The first kappa shape index (κ1) is 29.2. The maximum absolute atomic E-state index is 14.0. The Balaban J connectivity index is 1.72. The number of ether oxygens (including phenoxy) is 2. The van der Waals surface area contributed by atoms with Gasteiger partial charge in [-0.3, -0.25) is 15.0 Å². The molecule has 1 aromatic heterocycles. The molecule has 0 fully saturated rings. The zero-order valence-electron chi connectivity index (χ0n) is 23.6. The summed E-state index contributed by atoms with van der Waals surface area (Å²) in [7, 11) is 3.18. The van der Waals surface area contributed by atoms with Gasteiger partial charge in [0.1, 0.15) is 0 Å². The summed E-state index contributed by atoms with van der Waals surface area (Å²) in [6.07, 6.45) is 0.821. The Morgan fingerprint density at radius 3 is 2.34 bits per heavy atom. The lowest BCUT2D eigenvalue weighted by atomic mass is 9.80. The Morgan fingerprint density at radius 2 is 1.73 bits per heavy atom. The third kappa shape index (κ3) is 6.52. The van der Waals surface area contributed by atoms with Crippen LogP contribution < -0.4 is 5.32 Å². The van der Waals surface area contributed by atoms with Crippen molar-refractivity contribution in [2.24, 2.45) is 0 Å². The minimum absolute atomic E-state index is 0.157. The largest absolute Gasteiger partial charge is 0.466 e. The average molecular weight is 560 g/mol. The Hall–Kier alpha value is -4.77. The maximum Gasteiger partial charge on any atom is 0.337 e. The Bertz CT molecular complexity index is 1510. The van der Waals surface area contributed by atoms with Crippen LogP contribution in [0.15, 0.2) is 83.5 Å². The van der Waals surface area contributed by atoms with Crippen molar-refractivity contribution in [1.29, 1.82) is 0 Å². The van der Waals surface area contributed by atoms with Crippen LogP contribution in [0.5, 0.6) is 0 Å². The number of hydrogen-bond donors (Lipinski definition) is 2. The Labute approximate surface area is 238 Å². The normalized spacial score (nSPS) is 15.9. The van der Waals surface area contributed by atoms with E-state index < -0.39 is 28.9 Å². The van der Waals surface area contributed by atoms with Crippen LogP contribution in [-0.4, -0.2) is 52.4 Å². The number of nitro groups is 1. The van der Waals surface area contributed by atoms with Gasteiger partial charge in [0.2, 0.25) is 0 Å². The Morgan fingerprint density at radius 1 is 1.05 bits per heavy atom. The summed E-state index contributed by atoms with van der Waals surface area (Å²) < 4.78 is 11.2. The highest BCUT2D eigenvalue weighted by Gasteiger charge is 2.39. The number of methoxy groups -OCH3 is 1. The van der Waals surface area contributed by atoms with Gasteiger partial charge in [0.25, 0.3) is 5.69 Å². The van der Waals surface area contributed by atoms with Crippen LogP contribution in [0.2, 0.25) is 0 Å². The van der Waals surface area contributed by atoms with E-state index in [-0.39, 0.29) is 16.8 Å². The lowest BCUT2D eigenvalue weighted by Gasteiger charge is -2.31. The van der Waals surface area contributed by atoms with Gasteiger partial charge in [-0.25, -0.2) is 14.6 Å². The van der Waals surface area contributed by atoms with Crippen molar-refractivity contribution in [3.8, 4) is 0 Å². The van der Waals surface area contributed by atoms with E-state index in [2.05, 4.69) is 15.3 Å². The number of carbonyl (C=O) groups excluding carboxylic acids is 2. The topological polar surface area (TPSA) is 140 Å². The molecule has 2 unspecified atom stereocenters. The monoisotopic (exact) mass is 559 g/mol. The number of benzene rings is 2. The number of likely N-dealkylation sites (N-methyl/N-ethyl adjacent to an activating group) is 1. The quantitative estimate of drug-likeness (QED) is 0.209. The van der Waals surface area contributed by atoms with Gasteiger partial charge in [0.05, 0.1) is 46.8 Å². The summed E-state index contributed by atoms with van der Waals surface area (Å²) in [6, 6.07) is 15.8. The molecule has 2 heterocycles. The number of hydrogen-bond acceptors (Lipinski definition) is 9. The van der Waals surface area contributed by atoms with Gasteiger partial charge in [0.15, 0.2) is 6.10 Å². The van der Waals surface area contributed by atoms with E-state index in [1.165, 1.54) is 25.3 Å². The van der Waals surface area contributed by atoms with E-state index >= 15 is 0 Å². The third-order valence-corrected chi connectivity index (χ3v) is 7.01. The van der Waals surface area contributed by atoms with Gasteiger partial charge in [0, 0.05) is 36.6 Å². The molecule has 0 amide bonds. The van der Waals surface area contributed by atoms with Gasteiger partial charge in [-0.2, -0.15) is 0 Å². The lowest BCUT2D eigenvalue weighted by molar-refractivity contribution is -0.384. The van der Waals surface area contributed by atoms with Crippen LogP contribution in [0.3, 0.4) is 0 Å². The molecule has 0 aliphatic carbocycles. The molecule has 0 saturated heterocycles. The molecule has 2 atom stereocenters. The van der Waals surface area contributed by atoms with Crippen molar-refractivity contribution in [3.05, 3.63) is 116 Å². The van der Waals surface area contributed by atoms with Crippen LogP contribution in [0, 0.1) is 17.0 Å². The van der Waals surface area contributed by atoms with Crippen molar-refractivity contribution >= 4 is 17.6 Å². The highest BCUT2D eigenvalue weighted by Crippen LogP contribution is 2.40. The van der Waals surface area contributed by atoms with Crippen molar-refractivity contribution in [3.63, 3.8) is 0 Å². The molecule has 214 valence electrons. The molecule has 11 heteroatoms. The number of non-ortho nitro benzene ring substituents is 1. The molecule has 11 nitrogen and oxygen atoms in total. The van der Waals surface area contributed by atoms with E-state index in [4.69, 9.17) is 9.47 Å². The second-order valence-electron chi connectivity index (χ2n) is 9.96. The fourth-order valence-electron chi connectivity index (χ4n) is 5.12. The number of aromatic nitrogens is 2. The molecule has 0 spiro atoms. The molecule has 2 N–H and O–H groups in total. The second-order valence-corrected chi connectivity index (χ2v) is 9.96. The molecule has 0 radical (unpaired) electrons. The number of aromatic amines is 1. The summed E-state index contributed by atoms with van der Waals surface area (Å²) in [5.41, 5.74) is 3.93. The predicted molar refractivity (Wildman–Crippen MR) is 151 cm³/mol. The number of H-pyrrole nitrogens is 1. The number of nitro benzene ring substituents is 1. The highest BCUT2D eigenvalue weighted by molar-refractivity contribution is 6.00. The van der Waals surface area contributed by atoms with E-state index in [1.54, 1.807) is 26.2 Å². The molecule has 41 heavy (non-hydrogen) atoms. The van der Waals surface area contributed by atoms with Crippen molar-refractivity contribution in [1.82, 2.24) is 20.2 Å². The first-order chi connectivity index (χ1) is 19.6. The van der Waals surface area contributed by atoms with Crippen LogP contribution >= 0.6 is 0 Å². The summed E-state index contributed by atoms with van der Waals surface area (Å²) in [4.78, 5) is 47.5. The van der Waals surface area contributed by atoms with Gasteiger partial charge in [-0.05, 0) is 38.9 Å². The minimum Gasteiger partial charge on any atom is -0.466 e. The number of nitrogens with zero attached hydrogens (tertiary/aromatic N) is 3. The maximum atomic E-state index is 14.0.